The van der Waals surface area contributed by atoms with Crippen LogP contribution in [0.3, 0.4) is 0 Å². The highest BCUT2D eigenvalue weighted by Crippen LogP contribution is 2.32. The van der Waals surface area contributed by atoms with Gasteiger partial charge in [-0.05, 0) is 17.2 Å². The summed E-state index contributed by atoms with van der Waals surface area (Å²) in [5.41, 5.74) is 1.77. The maximum absolute atomic E-state index is 12.4. The molecule has 7 heteroatoms. The van der Waals surface area contributed by atoms with Gasteiger partial charge in [0.1, 0.15) is 0 Å². The van der Waals surface area contributed by atoms with Crippen molar-refractivity contribution in [3.8, 4) is 0 Å². The van der Waals surface area contributed by atoms with Crippen molar-refractivity contribution in [2.24, 2.45) is 0 Å². The largest absolute Gasteiger partial charge is 0.480 e. The fourth-order valence-corrected chi connectivity index (χ4v) is 2.79. The van der Waals surface area contributed by atoms with Gasteiger partial charge in [-0.3, -0.25) is 9.59 Å². The number of aliphatic carboxylic acids is 1. The first-order valence-corrected chi connectivity index (χ1v) is 8.21. The lowest BCUT2D eigenvalue weighted by Crippen LogP contribution is -2.45. The van der Waals surface area contributed by atoms with Gasteiger partial charge in [-0.15, -0.1) is 6.58 Å². The van der Waals surface area contributed by atoms with E-state index in [2.05, 4.69) is 11.9 Å². The summed E-state index contributed by atoms with van der Waals surface area (Å²) < 4.78 is 5.12. The van der Waals surface area contributed by atoms with Gasteiger partial charge in [-0.2, -0.15) is 0 Å². The number of nitrogens with zero attached hydrogens (tertiary/aromatic N) is 1. The van der Waals surface area contributed by atoms with Gasteiger partial charge < -0.3 is 20.1 Å². The molecule has 2 amide bonds. The topological polar surface area (TPSA) is 95.9 Å². The number of ether oxygens (including phenoxy) is 1. The minimum atomic E-state index is -1.19. The molecule has 0 aliphatic carbocycles. The number of hydrogen-bond acceptors (Lipinski definition) is 4. The van der Waals surface area contributed by atoms with E-state index < -0.39 is 24.0 Å². The number of carbonyl (C=O) groups excluding carboxylic acids is 2. The fourth-order valence-electron chi connectivity index (χ4n) is 2.79. The zero-order chi connectivity index (χ0) is 19.1. The molecule has 1 aromatic rings. The molecule has 0 bridgehead atoms. The number of rotatable bonds is 8. The van der Waals surface area contributed by atoms with Crippen LogP contribution < -0.4 is 5.32 Å². The molecule has 1 aliphatic heterocycles. The van der Waals surface area contributed by atoms with E-state index >= 15 is 0 Å². The van der Waals surface area contributed by atoms with Gasteiger partial charge >= 0.3 is 5.97 Å². The van der Waals surface area contributed by atoms with Crippen LogP contribution in [-0.2, 0) is 19.1 Å². The van der Waals surface area contributed by atoms with Crippen molar-refractivity contribution in [2.45, 2.75) is 25.4 Å². The molecule has 26 heavy (non-hydrogen) atoms. The molecule has 138 valence electrons. The zero-order valence-corrected chi connectivity index (χ0v) is 14.6. The minimum absolute atomic E-state index is 0.0494. The summed E-state index contributed by atoms with van der Waals surface area (Å²) in [5.74, 6) is -1.85. The molecular formula is C19H22N2O5. The van der Waals surface area contributed by atoms with Gasteiger partial charge in [-0.1, -0.05) is 30.3 Å². The lowest BCUT2D eigenvalue weighted by atomic mass is 9.93. The van der Waals surface area contributed by atoms with Gasteiger partial charge in [0.25, 0.3) is 0 Å². The van der Waals surface area contributed by atoms with Crippen molar-refractivity contribution >= 4 is 23.9 Å². The van der Waals surface area contributed by atoms with Crippen LogP contribution >= 0.6 is 0 Å². The van der Waals surface area contributed by atoms with Crippen LogP contribution in [0.5, 0.6) is 0 Å². The molecule has 7 nitrogen and oxygen atoms in total. The van der Waals surface area contributed by atoms with Crippen LogP contribution in [0.25, 0.3) is 6.08 Å². The molecular weight excluding hydrogens is 336 g/mol. The third-order valence-electron chi connectivity index (χ3n) is 4.00. The SMILES string of the molecule is C=CCOCC(NC(=O)CC1c2ccccc2C=CN1C(C)=O)C(=O)O. The van der Waals surface area contributed by atoms with Crippen LogP contribution in [-0.4, -0.2) is 47.0 Å². The van der Waals surface area contributed by atoms with Crippen LogP contribution in [0, 0.1) is 0 Å². The van der Waals surface area contributed by atoms with E-state index in [1.165, 1.54) is 17.9 Å². The fraction of sp³-hybridized carbons (Fsp3) is 0.316. The Hall–Kier alpha value is -2.93. The minimum Gasteiger partial charge on any atom is -0.480 e. The molecule has 2 unspecified atom stereocenters. The quantitative estimate of drug-likeness (QED) is 0.545. The first-order chi connectivity index (χ1) is 12.4. The Bertz CT molecular complexity index is 728. The number of carboxylic acid groups (broad SMARTS) is 1. The van der Waals surface area contributed by atoms with Gasteiger partial charge in [0.2, 0.25) is 11.8 Å². The molecule has 0 spiro atoms. The second-order valence-electron chi connectivity index (χ2n) is 5.88. The van der Waals surface area contributed by atoms with E-state index in [1.807, 2.05) is 30.3 Å². The molecule has 0 saturated carbocycles. The molecule has 1 aromatic carbocycles. The summed E-state index contributed by atoms with van der Waals surface area (Å²) in [6, 6.07) is 5.82. The van der Waals surface area contributed by atoms with E-state index in [9.17, 15) is 19.5 Å². The van der Waals surface area contributed by atoms with E-state index in [-0.39, 0.29) is 25.5 Å². The van der Waals surface area contributed by atoms with Gasteiger partial charge in [-0.25, -0.2) is 4.79 Å². The monoisotopic (exact) mass is 358 g/mol. The predicted octanol–water partition coefficient (Wildman–Crippen LogP) is 1.72. The van der Waals surface area contributed by atoms with Crippen LogP contribution in [0.15, 0.2) is 43.1 Å². The number of amides is 2. The highest BCUT2D eigenvalue weighted by Gasteiger charge is 2.29. The molecule has 1 heterocycles. The average molecular weight is 358 g/mol. The lowest BCUT2D eigenvalue weighted by Gasteiger charge is -2.32. The summed E-state index contributed by atoms with van der Waals surface area (Å²) in [7, 11) is 0. The number of fused-ring (bicyclic) bond motifs is 1. The maximum Gasteiger partial charge on any atom is 0.328 e. The molecule has 0 radical (unpaired) electrons. The Morgan fingerprint density at radius 3 is 2.77 bits per heavy atom. The number of carbonyl (C=O) groups is 3. The molecule has 2 rings (SSSR count). The number of hydrogen-bond donors (Lipinski definition) is 2. The smallest absolute Gasteiger partial charge is 0.328 e. The molecule has 2 atom stereocenters. The highest BCUT2D eigenvalue weighted by atomic mass is 16.5. The van der Waals surface area contributed by atoms with Crippen LogP contribution in [0.1, 0.15) is 30.5 Å². The van der Waals surface area contributed by atoms with Crippen LogP contribution in [0.2, 0.25) is 0 Å². The first-order valence-electron chi connectivity index (χ1n) is 8.21. The van der Waals surface area contributed by atoms with E-state index in [4.69, 9.17) is 4.74 Å². The molecule has 2 N–H and O–H groups in total. The van der Waals surface area contributed by atoms with Crippen molar-refractivity contribution in [3.05, 3.63) is 54.2 Å². The second-order valence-corrected chi connectivity index (χ2v) is 5.88. The van der Waals surface area contributed by atoms with Gasteiger partial charge in [0.05, 0.1) is 25.7 Å². The Balaban J connectivity index is 2.11. The summed E-state index contributed by atoms with van der Waals surface area (Å²) >= 11 is 0. The molecule has 0 fully saturated rings. The van der Waals surface area contributed by atoms with Crippen LogP contribution in [0.4, 0.5) is 0 Å². The Morgan fingerprint density at radius 1 is 1.38 bits per heavy atom. The van der Waals surface area contributed by atoms with Gasteiger partial charge in [0, 0.05) is 13.1 Å². The van der Waals surface area contributed by atoms with Crippen molar-refractivity contribution in [2.75, 3.05) is 13.2 Å². The Morgan fingerprint density at radius 2 is 2.12 bits per heavy atom. The number of carboxylic acids is 1. The number of nitrogens with one attached hydrogen (secondary N) is 1. The second kappa shape index (κ2) is 8.96. The summed E-state index contributed by atoms with van der Waals surface area (Å²) in [4.78, 5) is 37.1. The highest BCUT2D eigenvalue weighted by molar-refractivity contribution is 5.85. The molecule has 0 saturated heterocycles. The van der Waals surface area contributed by atoms with Crippen molar-refractivity contribution in [3.63, 3.8) is 0 Å². The van der Waals surface area contributed by atoms with Gasteiger partial charge in [0.15, 0.2) is 6.04 Å². The lowest BCUT2D eigenvalue weighted by molar-refractivity contribution is -0.144. The van der Waals surface area contributed by atoms with Crippen molar-refractivity contribution in [1.29, 1.82) is 0 Å². The Kier molecular flexibility index (Phi) is 6.68. The normalized spacial score (nSPS) is 16.5. The molecule has 1 aliphatic rings. The summed E-state index contributed by atoms with van der Waals surface area (Å²) in [6.45, 7) is 4.94. The maximum atomic E-state index is 12.4. The zero-order valence-electron chi connectivity index (χ0n) is 14.6. The summed E-state index contributed by atoms with van der Waals surface area (Å²) in [5, 5.41) is 11.7. The van der Waals surface area contributed by atoms with E-state index in [0.717, 1.165) is 11.1 Å². The van der Waals surface area contributed by atoms with E-state index in [1.54, 1.807) is 6.20 Å². The average Bonchev–Trinajstić information content (AvgIpc) is 2.60. The third-order valence-corrected chi connectivity index (χ3v) is 4.00. The molecule has 0 aromatic heterocycles. The standard InChI is InChI=1S/C19H22N2O5/c1-3-10-26-12-16(19(24)25)20-18(23)11-17-15-7-5-4-6-14(15)8-9-21(17)13(2)22/h3-9,16-17H,1,10-12H2,2H3,(H,20,23)(H,24,25). The summed E-state index contributed by atoms with van der Waals surface area (Å²) in [6.07, 6.45) is 4.90. The predicted molar refractivity (Wildman–Crippen MR) is 95.9 cm³/mol. The Labute approximate surface area is 151 Å². The van der Waals surface area contributed by atoms with Crippen molar-refractivity contribution < 1.29 is 24.2 Å². The number of benzene rings is 1. The first kappa shape index (κ1) is 19.4. The van der Waals surface area contributed by atoms with E-state index in [0.29, 0.717) is 0 Å². The third kappa shape index (κ3) is 4.80. The van der Waals surface area contributed by atoms with Crippen molar-refractivity contribution in [1.82, 2.24) is 10.2 Å².